The minimum atomic E-state index is -0.477. The molecule has 146 valence electrons. The van der Waals surface area contributed by atoms with Gasteiger partial charge in [-0.2, -0.15) is 0 Å². The molecule has 7 heteroatoms. The lowest BCUT2D eigenvalue weighted by Gasteiger charge is -2.15. The highest BCUT2D eigenvalue weighted by atomic mass is 32.2. The monoisotopic (exact) mass is 398 g/mol. The van der Waals surface area contributed by atoms with E-state index >= 15 is 0 Å². The molecule has 1 unspecified atom stereocenters. The summed E-state index contributed by atoms with van der Waals surface area (Å²) in [5.41, 5.74) is 7.18. The third-order valence-corrected chi connectivity index (χ3v) is 5.55. The number of amides is 2. The Balaban J connectivity index is 1.67. The van der Waals surface area contributed by atoms with Gasteiger partial charge in [-0.15, -0.1) is 11.8 Å². The Morgan fingerprint density at radius 1 is 1.14 bits per heavy atom. The van der Waals surface area contributed by atoms with Crippen molar-refractivity contribution in [3.63, 3.8) is 0 Å². The number of rotatable bonds is 7. The summed E-state index contributed by atoms with van der Waals surface area (Å²) in [6.07, 6.45) is 1.89. The number of carbonyl (C=O) groups is 3. The predicted octanol–water partition coefficient (Wildman–Crippen LogP) is 3.65. The van der Waals surface area contributed by atoms with Crippen LogP contribution in [0.25, 0.3) is 0 Å². The van der Waals surface area contributed by atoms with Crippen molar-refractivity contribution < 1.29 is 19.1 Å². The molecule has 0 bridgehead atoms. The average molecular weight is 398 g/mol. The number of unbranched alkanes of at least 4 members (excludes halogenated alkanes) is 1. The number of thioether (sulfide) groups is 1. The molecule has 0 radical (unpaired) electrons. The Morgan fingerprint density at radius 2 is 1.82 bits per heavy atom. The lowest BCUT2D eigenvalue weighted by Crippen LogP contribution is -2.31. The summed E-state index contributed by atoms with van der Waals surface area (Å²) < 4.78 is 5.17. The lowest BCUT2D eigenvalue weighted by molar-refractivity contribution is -0.121. The molecule has 2 N–H and O–H groups in total. The summed E-state index contributed by atoms with van der Waals surface area (Å²) in [4.78, 5) is 39.2. The van der Waals surface area contributed by atoms with Crippen LogP contribution in [0.2, 0.25) is 0 Å². The predicted molar refractivity (Wildman–Crippen MR) is 109 cm³/mol. The van der Waals surface area contributed by atoms with Crippen molar-refractivity contribution in [1.29, 1.82) is 0 Å². The number of anilines is 2. The zero-order valence-electron chi connectivity index (χ0n) is 15.6. The van der Waals surface area contributed by atoms with E-state index in [1.807, 2.05) is 19.1 Å². The molecule has 0 aromatic heterocycles. The van der Waals surface area contributed by atoms with Gasteiger partial charge < -0.3 is 10.5 Å². The molecular formula is C21H22N2O4S. The third-order valence-electron chi connectivity index (χ3n) is 4.36. The van der Waals surface area contributed by atoms with Gasteiger partial charge in [0.15, 0.2) is 0 Å². The van der Waals surface area contributed by atoms with Crippen LogP contribution in [0.3, 0.4) is 0 Å². The van der Waals surface area contributed by atoms with Crippen LogP contribution in [0.15, 0.2) is 53.4 Å². The van der Waals surface area contributed by atoms with Crippen LogP contribution in [-0.4, -0.2) is 29.6 Å². The summed E-state index contributed by atoms with van der Waals surface area (Å²) >= 11 is 1.35. The summed E-state index contributed by atoms with van der Waals surface area (Å²) in [6.45, 7) is 2.40. The number of carbonyl (C=O) groups excluding carboxylic acids is 3. The highest BCUT2D eigenvalue weighted by Crippen LogP contribution is 2.34. The van der Waals surface area contributed by atoms with Gasteiger partial charge in [0, 0.05) is 17.0 Å². The number of esters is 1. The summed E-state index contributed by atoms with van der Waals surface area (Å²) in [7, 11) is 0. The maximum absolute atomic E-state index is 12.7. The zero-order valence-corrected chi connectivity index (χ0v) is 16.4. The average Bonchev–Trinajstić information content (AvgIpc) is 2.97. The van der Waals surface area contributed by atoms with Gasteiger partial charge in [0.2, 0.25) is 11.8 Å². The molecule has 3 rings (SSSR count). The molecule has 2 amide bonds. The largest absolute Gasteiger partial charge is 0.462 e. The van der Waals surface area contributed by atoms with E-state index in [1.165, 1.54) is 16.7 Å². The maximum Gasteiger partial charge on any atom is 0.338 e. The Kier molecular flexibility index (Phi) is 6.36. The van der Waals surface area contributed by atoms with Gasteiger partial charge in [0.25, 0.3) is 0 Å². The number of nitrogen functional groups attached to an aromatic ring is 1. The van der Waals surface area contributed by atoms with E-state index < -0.39 is 11.2 Å². The number of hydrogen-bond acceptors (Lipinski definition) is 6. The molecule has 28 heavy (non-hydrogen) atoms. The van der Waals surface area contributed by atoms with Crippen molar-refractivity contribution in [3.05, 3.63) is 54.1 Å². The molecule has 1 saturated heterocycles. The first-order valence-electron chi connectivity index (χ1n) is 9.15. The molecule has 6 nitrogen and oxygen atoms in total. The number of nitrogens with two attached hydrogens (primary N) is 1. The van der Waals surface area contributed by atoms with Crippen molar-refractivity contribution in [1.82, 2.24) is 0 Å². The second-order valence-corrected chi connectivity index (χ2v) is 7.76. The number of benzene rings is 2. The lowest BCUT2D eigenvalue weighted by atomic mass is 10.2. The Morgan fingerprint density at radius 3 is 2.46 bits per heavy atom. The highest BCUT2D eigenvalue weighted by molar-refractivity contribution is 8.00. The van der Waals surface area contributed by atoms with E-state index in [0.29, 0.717) is 23.5 Å². The highest BCUT2D eigenvalue weighted by Gasteiger charge is 2.40. The van der Waals surface area contributed by atoms with E-state index in [-0.39, 0.29) is 18.2 Å². The molecule has 2 aromatic rings. The van der Waals surface area contributed by atoms with Gasteiger partial charge in [-0.05, 0) is 55.0 Å². The van der Waals surface area contributed by atoms with Crippen LogP contribution in [0.4, 0.5) is 11.4 Å². The fourth-order valence-electron chi connectivity index (χ4n) is 2.82. The molecule has 0 saturated carbocycles. The van der Waals surface area contributed by atoms with Crippen molar-refractivity contribution in [2.75, 3.05) is 17.2 Å². The van der Waals surface area contributed by atoms with Crippen molar-refractivity contribution in [3.8, 4) is 0 Å². The smallest absolute Gasteiger partial charge is 0.338 e. The number of nitrogens with zero attached hydrogens (tertiary/aromatic N) is 1. The van der Waals surface area contributed by atoms with Crippen LogP contribution in [-0.2, 0) is 14.3 Å². The minimum Gasteiger partial charge on any atom is -0.462 e. The Labute approximate surface area is 168 Å². The first-order chi connectivity index (χ1) is 13.5. The fraction of sp³-hybridized carbons (Fsp3) is 0.286. The molecular weight excluding hydrogens is 376 g/mol. The molecule has 1 aliphatic heterocycles. The molecule has 0 aliphatic carbocycles. The van der Waals surface area contributed by atoms with Crippen LogP contribution in [0, 0.1) is 0 Å². The van der Waals surface area contributed by atoms with E-state index in [9.17, 15) is 14.4 Å². The Bertz CT molecular complexity index is 865. The van der Waals surface area contributed by atoms with Gasteiger partial charge in [-0.3, -0.25) is 9.59 Å². The number of hydrogen-bond donors (Lipinski definition) is 1. The second-order valence-electron chi connectivity index (χ2n) is 6.48. The van der Waals surface area contributed by atoms with Crippen LogP contribution in [0.1, 0.15) is 36.5 Å². The SMILES string of the molecule is CCCCOC(=O)c1ccc(N2C(=O)CC(Sc3ccc(N)cc3)C2=O)cc1. The normalized spacial score (nSPS) is 16.5. The molecule has 1 aliphatic rings. The Hall–Kier alpha value is -2.80. The molecule has 1 heterocycles. The standard InChI is InChI=1S/C21H22N2O4S/c1-2-3-12-27-21(26)14-4-8-16(9-5-14)23-19(24)13-18(20(23)25)28-17-10-6-15(22)7-11-17/h4-11,18H,2-3,12-13,22H2,1H3. The number of imide groups is 1. The quantitative estimate of drug-likeness (QED) is 0.331. The van der Waals surface area contributed by atoms with Crippen LogP contribution in [0.5, 0.6) is 0 Å². The molecule has 1 fully saturated rings. The summed E-state index contributed by atoms with van der Waals surface area (Å²) in [5, 5.41) is -0.477. The summed E-state index contributed by atoms with van der Waals surface area (Å²) in [6, 6.07) is 13.5. The molecule has 1 atom stereocenters. The van der Waals surface area contributed by atoms with E-state index in [4.69, 9.17) is 10.5 Å². The first kappa shape index (κ1) is 19.9. The van der Waals surface area contributed by atoms with Crippen molar-refractivity contribution in [2.45, 2.75) is 36.3 Å². The van der Waals surface area contributed by atoms with Crippen molar-refractivity contribution in [2.24, 2.45) is 0 Å². The van der Waals surface area contributed by atoms with Crippen LogP contribution >= 0.6 is 11.8 Å². The van der Waals surface area contributed by atoms with Crippen molar-refractivity contribution >= 4 is 40.9 Å². The van der Waals surface area contributed by atoms with Gasteiger partial charge in [-0.25, -0.2) is 9.69 Å². The van der Waals surface area contributed by atoms with Gasteiger partial charge in [0.05, 0.1) is 23.1 Å². The zero-order chi connectivity index (χ0) is 20.1. The molecule has 0 spiro atoms. The maximum atomic E-state index is 12.7. The third kappa shape index (κ3) is 4.54. The van der Waals surface area contributed by atoms with E-state index in [0.717, 1.165) is 17.7 Å². The van der Waals surface area contributed by atoms with E-state index in [1.54, 1.807) is 36.4 Å². The first-order valence-corrected chi connectivity index (χ1v) is 10.0. The van der Waals surface area contributed by atoms with Gasteiger partial charge in [-0.1, -0.05) is 13.3 Å². The molecule has 2 aromatic carbocycles. The van der Waals surface area contributed by atoms with Gasteiger partial charge >= 0.3 is 5.97 Å². The summed E-state index contributed by atoms with van der Waals surface area (Å²) in [5.74, 6) is -0.919. The number of ether oxygens (including phenoxy) is 1. The van der Waals surface area contributed by atoms with Gasteiger partial charge in [0.1, 0.15) is 0 Å². The van der Waals surface area contributed by atoms with E-state index in [2.05, 4.69) is 0 Å². The van der Waals surface area contributed by atoms with Crippen LogP contribution < -0.4 is 10.6 Å². The minimum absolute atomic E-state index is 0.134. The fourth-order valence-corrected chi connectivity index (χ4v) is 3.87. The topological polar surface area (TPSA) is 89.7 Å². The second kappa shape index (κ2) is 8.93.